The van der Waals surface area contributed by atoms with E-state index in [0.29, 0.717) is 36.6 Å². The Hall–Kier alpha value is -2.69. The maximum absolute atomic E-state index is 12.0. The van der Waals surface area contributed by atoms with Gasteiger partial charge in [-0.2, -0.15) is 0 Å². The van der Waals surface area contributed by atoms with Crippen LogP contribution in [0.15, 0.2) is 36.4 Å². The van der Waals surface area contributed by atoms with Crippen LogP contribution in [-0.4, -0.2) is 19.3 Å². The lowest BCUT2D eigenvalue weighted by Crippen LogP contribution is -2.12. The Kier molecular flexibility index (Phi) is 4.89. The summed E-state index contributed by atoms with van der Waals surface area (Å²) in [6, 6.07) is 11.4. The summed E-state index contributed by atoms with van der Waals surface area (Å²) in [6.07, 6.45) is 1.06. The number of carbonyl (C=O) groups excluding carboxylic acids is 1. The van der Waals surface area contributed by atoms with E-state index in [9.17, 15) is 4.79 Å². The molecule has 5 heteroatoms. The van der Waals surface area contributed by atoms with Gasteiger partial charge >= 0.3 is 0 Å². The van der Waals surface area contributed by atoms with Crippen molar-refractivity contribution in [2.75, 3.05) is 18.7 Å². The lowest BCUT2D eigenvalue weighted by atomic mass is 10.1. The molecule has 0 radical (unpaired) electrons. The number of anilines is 1. The van der Waals surface area contributed by atoms with Crippen molar-refractivity contribution in [2.24, 2.45) is 0 Å². The molecule has 0 saturated carbocycles. The lowest BCUT2D eigenvalue weighted by molar-refractivity contribution is -0.116. The normalized spacial score (nSPS) is 12.1. The average molecular weight is 327 g/mol. The number of carbonyl (C=O) groups is 1. The van der Waals surface area contributed by atoms with Gasteiger partial charge in [-0.15, -0.1) is 0 Å². The smallest absolute Gasteiger partial charge is 0.231 e. The van der Waals surface area contributed by atoms with E-state index in [1.807, 2.05) is 19.1 Å². The summed E-state index contributed by atoms with van der Waals surface area (Å²) >= 11 is 0. The largest absolute Gasteiger partial charge is 0.493 e. The van der Waals surface area contributed by atoms with Crippen LogP contribution in [0.1, 0.15) is 24.0 Å². The molecule has 0 bridgehead atoms. The number of aryl methyl sites for hydroxylation is 2. The molecule has 0 unspecified atom stereocenters. The van der Waals surface area contributed by atoms with Gasteiger partial charge in [0.15, 0.2) is 11.5 Å². The van der Waals surface area contributed by atoms with E-state index in [1.165, 1.54) is 5.56 Å². The molecule has 1 N–H and O–H groups in total. The van der Waals surface area contributed by atoms with E-state index in [2.05, 4.69) is 18.3 Å². The summed E-state index contributed by atoms with van der Waals surface area (Å²) < 4.78 is 16.3. The summed E-state index contributed by atoms with van der Waals surface area (Å²) in [5.74, 6) is 2.19. The average Bonchev–Trinajstić information content (AvgIpc) is 3.01. The molecule has 24 heavy (non-hydrogen) atoms. The lowest BCUT2D eigenvalue weighted by Gasteiger charge is -2.10. The van der Waals surface area contributed by atoms with Crippen LogP contribution in [0.2, 0.25) is 0 Å². The minimum atomic E-state index is -0.0434. The zero-order valence-corrected chi connectivity index (χ0v) is 13.9. The highest BCUT2D eigenvalue weighted by molar-refractivity contribution is 5.91. The summed E-state index contributed by atoms with van der Waals surface area (Å²) in [5, 5.41) is 2.86. The highest BCUT2D eigenvalue weighted by Crippen LogP contribution is 2.34. The quantitative estimate of drug-likeness (QED) is 0.819. The van der Waals surface area contributed by atoms with Crippen molar-refractivity contribution in [3.63, 3.8) is 0 Å². The predicted molar refractivity (Wildman–Crippen MR) is 91.8 cm³/mol. The second kappa shape index (κ2) is 7.25. The minimum Gasteiger partial charge on any atom is -0.493 e. The van der Waals surface area contributed by atoms with E-state index < -0.39 is 0 Å². The molecule has 1 heterocycles. The van der Waals surface area contributed by atoms with Gasteiger partial charge in [-0.1, -0.05) is 17.7 Å². The first-order valence-corrected chi connectivity index (χ1v) is 8.01. The number of amides is 1. The molecule has 0 spiro atoms. The molecule has 1 amide bonds. The van der Waals surface area contributed by atoms with E-state index in [1.54, 1.807) is 18.2 Å². The third-order valence-corrected chi connectivity index (χ3v) is 3.79. The van der Waals surface area contributed by atoms with Gasteiger partial charge in [0.1, 0.15) is 5.75 Å². The summed E-state index contributed by atoms with van der Waals surface area (Å²) in [6.45, 7) is 4.81. The summed E-state index contributed by atoms with van der Waals surface area (Å²) in [7, 11) is 0. The van der Waals surface area contributed by atoms with Crippen LogP contribution in [0.5, 0.6) is 17.2 Å². The maximum Gasteiger partial charge on any atom is 0.231 e. The van der Waals surface area contributed by atoms with Crippen molar-refractivity contribution >= 4 is 11.6 Å². The fourth-order valence-corrected chi connectivity index (χ4v) is 2.57. The molecule has 0 atom stereocenters. The molecule has 0 fully saturated rings. The van der Waals surface area contributed by atoms with Crippen molar-refractivity contribution in [2.45, 2.75) is 26.7 Å². The first-order valence-electron chi connectivity index (χ1n) is 8.01. The molecule has 2 aromatic carbocycles. The third-order valence-electron chi connectivity index (χ3n) is 3.79. The Morgan fingerprint density at radius 3 is 2.79 bits per heavy atom. The Morgan fingerprint density at radius 1 is 1.12 bits per heavy atom. The Bertz CT molecular complexity index is 742. The number of hydrogen-bond acceptors (Lipinski definition) is 4. The molecular weight excluding hydrogens is 306 g/mol. The van der Waals surface area contributed by atoms with Crippen LogP contribution < -0.4 is 19.5 Å². The summed E-state index contributed by atoms with van der Waals surface area (Å²) in [4.78, 5) is 12.0. The van der Waals surface area contributed by atoms with Crippen molar-refractivity contribution in [1.82, 2.24) is 0 Å². The van der Waals surface area contributed by atoms with Crippen molar-refractivity contribution < 1.29 is 19.0 Å². The van der Waals surface area contributed by atoms with Crippen LogP contribution in [-0.2, 0) is 4.79 Å². The Morgan fingerprint density at radius 2 is 1.96 bits per heavy atom. The monoisotopic (exact) mass is 327 g/mol. The van der Waals surface area contributed by atoms with E-state index in [-0.39, 0.29) is 12.7 Å². The highest BCUT2D eigenvalue weighted by Gasteiger charge is 2.14. The zero-order chi connectivity index (χ0) is 16.9. The van der Waals surface area contributed by atoms with Gasteiger partial charge in [0.05, 0.1) is 6.61 Å². The van der Waals surface area contributed by atoms with Crippen molar-refractivity contribution in [1.29, 1.82) is 0 Å². The van der Waals surface area contributed by atoms with E-state index in [4.69, 9.17) is 14.2 Å². The van der Waals surface area contributed by atoms with Crippen molar-refractivity contribution in [3.05, 3.63) is 47.5 Å². The zero-order valence-electron chi connectivity index (χ0n) is 13.9. The number of fused-ring (bicyclic) bond motifs is 1. The van der Waals surface area contributed by atoms with Gasteiger partial charge in [0.2, 0.25) is 12.7 Å². The van der Waals surface area contributed by atoms with Crippen LogP contribution >= 0.6 is 0 Å². The number of benzene rings is 2. The minimum absolute atomic E-state index is 0.0434. The second-order valence-corrected chi connectivity index (χ2v) is 5.84. The Balaban J connectivity index is 1.42. The number of rotatable bonds is 6. The molecule has 1 aliphatic rings. The highest BCUT2D eigenvalue weighted by atomic mass is 16.7. The van der Waals surface area contributed by atoms with Gasteiger partial charge in [-0.3, -0.25) is 4.79 Å². The van der Waals surface area contributed by atoms with Gasteiger partial charge in [-0.25, -0.2) is 0 Å². The molecule has 2 aromatic rings. The fraction of sp³-hybridized carbons (Fsp3) is 0.316. The van der Waals surface area contributed by atoms with E-state index in [0.717, 1.165) is 11.3 Å². The fourth-order valence-electron chi connectivity index (χ4n) is 2.57. The molecule has 5 nitrogen and oxygen atoms in total. The molecule has 0 saturated heterocycles. The molecule has 0 aliphatic carbocycles. The molecule has 126 valence electrons. The van der Waals surface area contributed by atoms with Crippen LogP contribution in [0.25, 0.3) is 0 Å². The van der Waals surface area contributed by atoms with Gasteiger partial charge in [0, 0.05) is 18.2 Å². The summed E-state index contributed by atoms with van der Waals surface area (Å²) in [5.41, 5.74) is 3.03. The topological polar surface area (TPSA) is 56.8 Å². The van der Waals surface area contributed by atoms with Crippen molar-refractivity contribution in [3.8, 4) is 17.2 Å². The molecule has 1 aliphatic heterocycles. The van der Waals surface area contributed by atoms with Gasteiger partial charge < -0.3 is 19.5 Å². The number of ether oxygens (including phenoxy) is 3. The maximum atomic E-state index is 12.0. The van der Waals surface area contributed by atoms with E-state index >= 15 is 0 Å². The second-order valence-electron chi connectivity index (χ2n) is 5.84. The Labute approximate surface area is 141 Å². The number of hydrogen-bond donors (Lipinski definition) is 1. The third kappa shape index (κ3) is 3.98. The standard InChI is InChI=1S/C19H21NO4/c1-13-5-7-16(14(2)10-13)22-9-3-4-19(21)20-15-6-8-17-18(11-15)24-12-23-17/h5-8,10-11H,3-4,9,12H2,1-2H3,(H,20,21). The van der Waals surface area contributed by atoms with Crippen LogP contribution in [0.3, 0.4) is 0 Å². The first kappa shape index (κ1) is 16.2. The number of nitrogens with one attached hydrogen (secondary N) is 1. The SMILES string of the molecule is Cc1ccc(OCCCC(=O)Nc2ccc3c(c2)OCO3)c(C)c1. The van der Waals surface area contributed by atoms with Crippen LogP contribution in [0.4, 0.5) is 5.69 Å². The molecular formula is C19H21NO4. The molecule has 0 aromatic heterocycles. The van der Waals surface area contributed by atoms with Gasteiger partial charge in [0.25, 0.3) is 0 Å². The predicted octanol–water partition coefficient (Wildman–Crippen LogP) is 3.83. The van der Waals surface area contributed by atoms with Gasteiger partial charge in [-0.05, 0) is 44.0 Å². The van der Waals surface area contributed by atoms with Crippen LogP contribution in [0, 0.1) is 13.8 Å². The molecule has 3 rings (SSSR count). The first-order chi connectivity index (χ1) is 11.6.